The number of carbonyl (C=O) groups is 1. The van der Waals surface area contributed by atoms with E-state index in [1.807, 2.05) is 11.0 Å². The van der Waals surface area contributed by atoms with Gasteiger partial charge in [0.25, 0.3) is 5.91 Å². The normalized spacial score (nSPS) is 22.2. The molecule has 4 heteroatoms. The molecule has 0 N–H and O–H groups in total. The van der Waals surface area contributed by atoms with Crippen LogP contribution in [0.5, 0.6) is 0 Å². The number of ether oxygens (including phenoxy) is 1. The molecule has 0 aliphatic carbocycles. The van der Waals surface area contributed by atoms with E-state index in [1.165, 1.54) is 24.9 Å². The molecule has 0 aromatic heterocycles. The number of piperidine rings is 1. The van der Waals surface area contributed by atoms with Crippen LogP contribution < -0.4 is 9.80 Å². The Morgan fingerprint density at radius 1 is 1.14 bits per heavy atom. The highest BCUT2D eigenvalue weighted by molar-refractivity contribution is 6.02. The second-order valence-electron chi connectivity index (χ2n) is 6.00. The minimum absolute atomic E-state index is 0.0780. The quantitative estimate of drug-likeness (QED) is 0.857. The maximum atomic E-state index is 11.9. The monoisotopic (exact) mass is 300 g/mol. The zero-order chi connectivity index (χ0) is 15.4. The van der Waals surface area contributed by atoms with Gasteiger partial charge in [-0.2, -0.15) is 0 Å². The average molecular weight is 300 g/mol. The summed E-state index contributed by atoms with van der Waals surface area (Å²) in [6, 6.07) is 8.85. The van der Waals surface area contributed by atoms with E-state index in [1.54, 1.807) is 13.2 Å². The van der Waals surface area contributed by atoms with Gasteiger partial charge in [0.05, 0.1) is 12.6 Å². The average Bonchev–Trinajstić information content (AvgIpc) is 2.56. The largest absolute Gasteiger partial charge is 0.383 e. The topological polar surface area (TPSA) is 32.8 Å². The van der Waals surface area contributed by atoms with Crippen molar-refractivity contribution in [1.29, 1.82) is 0 Å². The zero-order valence-electron chi connectivity index (χ0n) is 13.2. The highest BCUT2D eigenvalue weighted by atomic mass is 16.5. The van der Waals surface area contributed by atoms with Crippen LogP contribution in [0.1, 0.15) is 25.7 Å². The Balaban J connectivity index is 1.75. The van der Waals surface area contributed by atoms with Crippen molar-refractivity contribution >= 4 is 17.3 Å². The van der Waals surface area contributed by atoms with E-state index in [2.05, 4.69) is 29.2 Å². The Bertz CT molecular complexity index is 537. The van der Waals surface area contributed by atoms with Crippen molar-refractivity contribution in [3.05, 3.63) is 36.4 Å². The minimum Gasteiger partial charge on any atom is -0.383 e. The van der Waals surface area contributed by atoms with Crippen molar-refractivity contribution in [3.63, 3.8) is 0 Å². The van der Waals surface area contributed by atoms with Crippen LogP contribution in [-0.2, 0) is 9.53 Å². The van der Waals surface area contributed by atoms with Crippen LogP contribution in [-0.4, -0.2) is 38.8 Å². The van der Waals surface area contributed by atoms with Crippen LogP contribution >= 0.6 is 0 Å². The summed E-state index contributed by atoms with van der Waals surface area (Å²) in [4.78, 5) is 16.2. The molecule has 1 fully saturated rings. The molecule has 0 bridgehead atoms. The van der Waals surface area contributed by atoms with Crippen molar-refractivity contribution < 1.29 is 9.53 Å². The van der Waals surface area contributed by atoms with Crippen molar-refractivity contribution in [2.75, 3.05) is 36.6 Å². The van der Waals surface area contributed by atoms with Crippen molar-refractivity contribution in [2.45, 2.75) is 31.7 Å². The summed E-state index contributed by atoms with van der Waals surface area (Å²) in [7, 11) is 1.77. The lowest BCUT2D eigenvalue weighted by molar-refractivity contribution is -0.114. The summed E-state index contributed by atoms with van der Waals surface area (Å²) < 4.78 is 5.36. The summed E-state index contributed by atoms with van der Waals surface area (Å²) in [5, 5.41) is 0. The highest BCUT2D eigenvalue weighted by Gasteiger charge is 2.23. The van der Waals surface area contributed by atoms with Gasteiger partial charge in [-0.15, -0.1) is 0 Å². The van der Waals surface area contributed by atoms with Crippen molar-refractivity contribution in [2.24, 2.45) is 0 Å². The summed E-state index contributed by atoms with van der Waals surface area (Å²) in [5.74, 6) is 0.0780. The van der Waals surface area contributed by atoms with E-state index in [4.69, 9.17) is 4.74 Å². The Morgan fingerprint density at radius 3 is 2.64 bits per heavy atom. The first-order chi connectivity index (χ1) is 10.8. The molecule has 2 aliphatic rings. The van der Waals surface area contributed by atoms with Crippen LogP contribution in [0.15, 0.2) is 36.4 Å². The van der Waals surface area contributed by atoms with Gasteiger partial charge < -0.3 is 14.5 Å². The fourth-order valence-corrected chi connectivity index (χ4v) is 3.37. The van der Waals surface area contributed by atoms with E-state index in [-0.39, 0.29) is 5.91 Å². The lowest BCUT2D eigenvalue weighted by Crippen LogP contribution is -2.42. The second-order valence-corrected chi connectivity index (χ2v) is 6.00. The maximum Gasteiger partial charge on any atom is 0.250 e. The third-order valence-electron chi connectivity index (χ3n) is 4.53. The molecule has 0 saturated carbocycles. The van der Waals surface area contributed by atoms with Gasteiger partial charge in [-0.05, 0) is 56.0 Å². The van der Waals surface area contributed by atoms with Gasteiger partial charge in [-0.3, -0.25) is 4.79 Å². The minimum atomic E-state index is 0.0780. The number of amides is 1. The molecule has 2 aliphatic heterocycles. The molecule has 1 aromatic rings. The zero-order valence-corrected chi connectivity index (χ0v) is 13.2. The summed E-state index contributed by atoms with van der Waals surface area (Å²) in [6.45, 7) is 2.63. The van der Waals surface area contributed by atoms with Gasteiger partial charge in [-0.25, -0.2) is 0 Å². The van der Waals surface area contributed by atoms with Gasteiger partial charge in [0.2, 0.25) is 0 Å². The summed E-state index contributed by atoms with van der Waals surface area (Å²) >= 11 is 0. The van der Waals surface area contributed by atoms with Crippen LogP contribution in [0.2, 0.25) is 0 Å². The van der Waals surface area contributed by atoms with Crippen LogP contribution in [0, 0.1) is 0 Å². The number of benzene rings is 1. The maximum absolute atomic E-state index is 11.9. The number of hydrogen-bond donors (Lipinski definition) is 0. The molecule has 22 heavy (non-hydrogen) atoms. The molecule has 2 heterocycles. The number of methoxy groups -OCH3 is 1. The lowest BCUT2D eigenvalue weighted by atomic mass is 10.0. The predicted molar refractivity (Wildman–Crippen MR) is 89.4 cm³/mol. The molecule has 3 rings (SSSR count). The fraction of sp³-hybridized carbons (Fsp3) is 0.500. The van der Waals surface area contributed by atoms with Gasteiger partial charge >= 0.3 is 0 Å². The highest BCUT2D eigenvalue weighted by Crippen LogP contribution is 2.28. The van der Waals surface area contributed by atoms with Gasteiger partial charge in [0.15, 0.2) is 0 Å². The Kier molecular flexibility index (Phi) is 4.78. The van der Waals surface area contributed by atoms with Crippen molar-refractivity contribution in [3.8, 4) is 0 Å². The van der Waals surface area contributed by atoms with Gasteiger partial charge in [0.1, 0.15) is 0 Å². The van der Waals surface area contributed by atoms with Crippen LogP contribution in [0.3, 0.4) is 0 Å². The van der Waals surface area contributed by atoms with Crippen LogP contribution in [0.25, 0.3) is 0 Å². The van der Waals surface area contributed by atoms with E-state index < -0.39 is 0 Å². The number of nitrogens with zero attached hydrogens (tertiary/aromatic N) is 2. The molecule has 1 amide bonds. The summed E-state index contributed by atoms with van der Waals surface area (Å²) in [6.07, 6.45) is 8.22. The molecule has 1 saturated heterocycles. The van der Waals surface area contributed by atoms with Gasteiger partial charge in [0, 0.05) is 31.6 Å². The molecule has 4 nitrogen and oxygen atoms in total. The molecule has 1 unspecified atom stereocenters. The van der Waals surface area contributed by atoms with Crippen molar-refractivity contribution in [1.82, 2.24) is 0 Å². The first-order valence-electron chi connectivity index (χ1n) is 8.13. The second kappa shape index (κ2) is 6.97. The van der Waals surface area contributed by atoms with Crippen LogP contribution in [0.4, 0.5) is 11.4 Å². The number of rotatable bonds is 4. The summed E-state index contributed by atoms with van der Waals surface area (Å²) in [5.41, 5.74) is 2.21. The third-order valence-corrected chi connectivity index (χ3v) is 4.53. The SMILES string of the molecule is COCC1CCCCN1c1ccc(N2CCC=CC2=O)cc1. The van der Waals surface area contributed by atoms with E-state index >= 15 is 0 Å². The number of carbonyl (C=O) groups excluding carboxylic acids is 1. The molecule has 118 valence electrons. The predicted octanol–water partition coefficient (Wildman–Crippen LogP) is 2.98. The van der Waals surface area contributed by atoms with E-state index in [0.29, 0.717) is 6.04 Å². The Labute approximate surface area is 132 Å². The lowest BCUT2D eigenvalue weighted by Gasteiger charge is -2.37. The Hall–Kier alpha value is -1.81. The smallest absolute Gasteiger partial charge is 0.250 e. The van der Waals surface area contributed by atoms with E-state index in [9.17, 15) is 4.79 Å². The molecule has 0 spiro atoms. The first-order valence-corrected chi connectivity index (χ1v) is 8.13. The van der Waals surface area contributed by atoms with E-state index in [0.717, 1.165) is 31.8 Å². The fourth-order valence-electron chi connectivity index (χ4n) is 3.37. The standard InChI is InChI=1S/C18H24N2O2/c1-22-14-17-6-2-4-12-19(17)15-8-10-16(11-9-15)20-13-5-3-7-18(20)21/h3,7-11,17H,2,4-6,12-14H2,1H3. The molecule has 1 atom stereocenters. The number of anilines is 2. The molecule has 1 aromatic carbocycles. The first kappa shape index (κ1) is 15.1. The van der Waals surface area contributed by atoms with Gasteiger partial charge in [-0.1, -0.05) is 6.08 Å². The molecule has 0 radical (unpaired) electrons. The Morgan fingerprint density at radius 2 is 1.91 bits per heavy atom. The molecular weight excluding hydrogens is 276 g/mol. The third kappa shape index (κ3) is 3.17. The molecular formula is C18H24N2O2. The number of hydrogen-bond acceptors (Lipinski definition) is 3.